The van der Waals surface area contributed by atoms with Crippen LogP contribution in [0.15, 0.2) is 255 Å². The number of fused-ring (bicyclic) bond motifs is 3. The summed E-state index contributed by atoms with van der Waals surface area (Å²) in [5.41, 5.74) is 17.6. The third kappa shape index (κ3) is 7.77. The van der Waals surface area contributed by atoms with Gasteiger partial charge in [-0.1, -0.05) is 206 Å². The van der Waals surface area contributed by atoms with E-state index in [1.807, 2.05) is 0 Å². The average Bonchev–Trinajstić information content (AvgIpc) is 3.76. The van der Waals surface area contributed by atoms with Gasteiger partial charge in [-0.25, -0.2) is 15.0 Å². The van der Waals surface area contributed by atoms with Crippen LogP contribution in [0.2, 0.25) is 0 Å². The van der Waals surface area contributed by atoms with Crippen LogP contribution in [-0.4, -0.2) is 19.5 Å². The van der Waals surface area contributed by atoms with E-state index in [2.05, 4.69) is 259 Å². The van der Waals surface area contributed by atoms with Gasteiger partial charge < -0.3 is 4.57 Å². The van der Waals surface area contributed by atoms with Crippen LogP contribution in [-0.2, 0) is 0 Å². The molecular weight excluding hydrogens is 813 g/mol. The molecule has 314 valence electrons. The maximum Gasteiger partial charge on any atom is 0.164 e. The van der Waals surface area contributed by atoms with E-state index in [1.165, 1.54) is 44.2 Å². The van der Waals surface area contributed by atoms with Gasteiger partial charge in [0.25, 0.3) is 0 Å². The second-order valence-electron chi connectivity index (χ2n) is 16.9. The van der Waals surface area contributed by atoms with Gasteiger partial charge in [-0.3, -0.25) is 0 Å². The zero-order valence-electron chi connectivity index (χ0n) is 36.5. The van der Waals surface area contributed by atoms with Gasteiger partial charge >= 0.3 is 0 Å². The topological polar surface area (TPSA) is 43.6 Å². The minimum Gasteiger partial charge on any atom is -0.309 e. The SMILES string of the molecule is c1ccc(-c2cccc(-c3cccc(-c4ccc(-c5nc(-c6cccc(-c7cccc(-c8ccccc8)c7)c6)nc(-c6cccc(-n7c8ccccc8c8ccccc87)c6)n5)cc4)c3)c2)cc1. The van der Waals surface area contributed by atoms with Crippen LogP contribution in [0.5, 0.6) is 0 Å². The summed E-state index contributed by atoms with van der Waals surface area (Å²) in [6.07, 6.45) is 0. The van der Waals surface area contributed by atoms with Crippen LogP contribution in [0.25, 0.3) is 117 Å². The van der Waals surface area contributed by atoms with Crippen molar-refractivity contribution >= 4 is 21.8 Å². The number of rotatable bonds is 9. The minimum atomic E-state index is 0.605. The first-order valence-corrected chi connectivity index (χ1v) is 22.7. The Labute approximate surface area is 389 Å². The minimum absolute atomic E-state index is 0.605. The van der Waals surface area contributed by atoms with Gasteiger partial charge in [-0.15, -0.1) is 0 Å². The Bertz CT molecular complexity index is 3690. The predicted molar refractivity (Wildman–Crippen MR) is 278 cm³/mol. The van der Waals surface area contributed by atoms with Crippen LogP contribution in [0.3, 0.4) is 0 Å². The molecule has 0 radical (unpaired) electrons. The number of para-hydroxylation sites is 2. The Morgan fingerprint density at radius 3 is 0.970 bits per heavy atom. The summed E-state index contributed by atoms with van der Waals surface area (Å²) in [4.78, 5) is 15.7. The Hall–Kier alpha value is -8.99. The first-order valence-electron chi connectivity index (χ1n) is 22.7. The van der Waals surface area contributed by atoms with E-state index in [-0.39, 0.29) is 0 Å². The quantitative estimate of drug-likeness (QED) is 0.145. The molecule has 67 heavy (non-hydrogen) atoms. The third-order valence-corrected chi connectivity index (χ3v) is 12.6. The first-order chi connectivity index (χ1) is 33.2. The molecule has 0 atom stereocenters. The number of hydrogen-bond donors (Lipinski definition) is 0. The van der Waals surface area contributed by atoms with Gasteiger partial charge in [0.15, 0.2) is 17.5 Å². The highest BCUT2D eigenvalue weighted by Gasteiger charge is 2.17. The molecule has 4 heteroatoms. The van der Waals surface area contributed by atoms with E-state index in [0.29, 0.717) is 17.5 Å². The number of benzene rings is 10. The third-order valence-electron chi connectivity index (χ3n) is 12.6. The maximum atomic E-state index is 5.24. The predicted octanol–water partition coefficient (Wildman–Crippen LogP) is 16.3. The van der Waals surface area contributed by atoms with Crippen LogP contribution in [0.1, 0.15) is 0 Å². The molecule has 4 nitrogen and oxygen atoms in total. The number of aromatic nitrogens is 4. The fraction of sp³-hybridized carbons (Fsp3) is 0. The second-order valence-corrected chi connectivity index (χ2v) is 16.9. The van der Waals surface area contributed by atoms with Crippen LogP contribution < -0.4 is 0 Å². The smallest absolute Gasteiger partial charge is 0.164 e. The first kappa shape index (κ1) is 39.6. The molecule has 2 heterocycles. The summed E-state index contributed by atoms with van der Waals surface area (Å²) < 4.78 is 2.33. The van der Waals surface area contributed by atoms with Crippen LogP contribution in [0, 0.1) is 0 Å². The van der Waals surface area contributed by atoms with Crippen molar-refractivity contribution in [1.29, 1.82) is 0 Å². The molecule has 0 saturated carbocycles. The van der Waals surface area contributed by atoms with Gasteiger partial charge in [0.1, 0.15) is 0 Å². The normalized spacial score (nSPS) is 11.3. The summed E-state index contributed by atoms with van der Waals surface area (Å²) in [7, 11) is 0. The molecule has 12 aromatic rings. The second kappa shape index (κ2) is 17.2. The highest BCUT2D eigenvalue weighted by molar-refractivity contribution is 6.09. The highest BCUT2D eigenvalue weighted by atomic mass is 15.0. The zero-order chi connectivity index (χ0) is 44.5. The molecule has 0 unspecified atom stereocenters. The summed E-state index contributed by atoms with van der Waals surface area (Å²) in [6.45, 7) is 0. The van der Waals surface area contributed by atoms with Crippen molar-refractivity contribution < 1.29 is 0 Å². The zero-order valence-corrected chi connectivity index (χ0v) is 36.5. The lowest BCUT2D eigenvalue weighted by Crippen LogP contribution is -2.01. The van der Waals surface area contributed by atoms with Crippen molar-refractivity contribution in [2.75, 3.05) is 0 Å². The average molecular weight is 855 g/mol. The molecule has 0 aliphatic carbocycles. The van der Waals surface area contributed by atoms with Crippen molar-refractivity contribution in [1.82, 2.24) is 19.5 Å². The van der Waals surface area contributed by atoms with Crippen molar-refractivity contribution in [3.63, 3.8) is 0 Å². The van der Waals surface area contributed by atoms with E-state index < -0.39 is 0 Å². The van der Waals surface area contributed by atoms with Crippen molar-refractivity contribution in [3.8, 4) is 95.5 Å². The molecule has 0 fully saturated rings. The van der Waals surface area contributed by atoms with Gasteiger partial charge in [-0.05, 0) is 104 Å². The van der Waals surface area contributed by atoms with Crippen molar-refractivity contribution in [2.45, 2.75) is 0 Å². The molecule has 0 aliphatic heterocycles. The lowest BCUT2D eigenvalue weighted by atomic mass is 9.96. The van der Waals surface area contributed by atoms with Gasteiger partial charge in [0.2, 0.25) is 0 Å². The van der Waals surface area contributed by atoms with E-state index >= 15 is 0 Å². The Morgan fingerprint density at radius 2 is 0.507 bits per heavy atom. The maximum absolute atomic E-state index is 5.24. The van der Waals surface area contributed by atoms with E-state index in [4.69, 9.17) is 15.0 Å². The molecule has 0 bridgehead atoms. The molecule has 10 aromatic carbocycles. The molecule has 0 amide bonds. The molecular formula is C63H42N4. The van der Waals surface area contributed by atoms with Gasteiger partial charge in [-0.2, -0.15) is 0 Å². The molecule has 0 spiro atoms. The van der Waals surface area contributed by atoms with Crippen LogP contribution in [0.4, 0.5) is 0 Å². The monoisotopic (exact) mass is 854 g/mol. The van der Waals surface area contributed by atoms with Crippen LogP contribution >= 0.6 is 0 Å². The summed E-state index contributed by atoms with van der Waals surface area (Å²) in [5, 5.41) is 2.43. The van der Waals surface area contributed by atoms with E-state index in [9.17, 15) is 0 Å². The lowest BCUT2D eigenvalue weighted by molar-refractivity contribution is 1.07. The standard InChI is InChI=1S/C63H42N4/c1-3-16-43(17-4-1)47-20-11-23-50(38-47)51-24-13-22-49(40-51)45-34-36-46(37-35-45)61-64-62(54-27-14-26-53(41-54)52-25-12-21-48(39-52)44-18-5-2-6-19-44)66-63(65-61)55-28-15-29-56(42-55)67-59-32-9-7-30-57(59)58-31-8-10-33-60(58)67/h1-42H. The molecule has 0 N–H and O–H groups in total. The number of hydrogen-bond acceptors (Lipinski definition) is 3. The summed E-state index contributed by atoms with van der Waals surface area (Å²) in [6, 6.07) is 90.1. The Kier molecular flexibility index (Phi) is 10.2. The lowest BCUT2D eigenvalue weighted by Gasteiger charge is -2.12. The molecule has 12 rings (SSSR count). The van der Waals surface area contributed by atoms with E-state index in [0.717, 1.165) is 55.7 Å². The summed E-state index contributed by atoms with van der Waals surface area (Å²) in [5.74, 6) is 1.82. The summed E-state index contributed by atoms with van der Waals surface area (Å²) >= 11 is 0. The largest absolute Gasteiger partial charge is 0.309 e. The Morgan fingerprint density at radius 1 is 0.209 bits per heavy atom. The van der Waals surface area contributed by atoms with Crippen molar-refractivity contribution in [3.05, 3.63) is 255 Å². The number of nitrogens with zero attached hydrogens (tertiary/aromatic N) is 4. The fourth-order valence-corrected chi connectivity index (χ4v) is 9.29. The molecule has 0 aliphatic rings. The highest BCUT2D eigenvalue weighted by Crippen LogP contribution is 2.36. The Balaban J connectivity index is 0.942. The van der Waals surface area contributed by atoms with E-state index in [1.54, 1.807) is 0 Å². The van der Waals surface area contributed by atoms with Gasteiger partial charge in [0, 0.05) is 33.2 Å². The van der Waals surface area contributed by atoms with Gasteiger partial charge in [0.05, 0.1) is 11.0 Å². The fourth-order valence-electron chi connectivity index (χ4n) is 9.29. The molecule has 0 saturated heterocycles. The van der Waals surface area contributed by atoms with Crippen molar-refractivity contribution in [2.24, 2.45) is 0 Å². The molecule has 2 aromatic heterocycles.